The first-order valence-corrected chi connectivity index (χ1v) is 5.75. The molecule has 0 aromatic carbocycles. The molecule has 5 nitrogen and oxygen atoms in total. The first kappa shape index (κ1) is 12.7. The predicted molar refractivity (Wildman–Crippen MR) is 58.6 cm³/mol. The molecule has 0 radical (unpaired) electrons. The number of rotatable bonds is 4. The number of urea groups is 1. The van der Waals surface area contributed by atoms with Gasteiger partial charge in [0.15, 0.2) is 0 Å². The van der Waals surface area contributed by atoms with Gasteiger partial charge in [0.25, 0.3) is 0 Å². The van der Waals surface area contributed by atoms with Gasteiger partial charge in [-0.25, -0.2) is 4.79 Å². The van der Waals surface area contributed by atoms with Crippen molar-refractivity contribution in [3.63, 3.8) is 0 Å². The summed E-state index contributed by atoms with van der Waals surface area (Å²) < 4.78 is 0. The van der Waals surface area contributed by atoms with Crippen molar-refractivity contribution in [2.75, 3.05) is 13.1 Å². The van der Waals surface area contributed by atoms with Crippen LogP contribution in [-0.2, 0) is 9.59 Å². The van der Waals surface area contributed by atoms with E-state index < -0.39 is 11.9 Å². The van der Waals surface area contributed by atoms with Crippen molar-refractivity contribution in [1.29, 1.82) is 0 Å². The Morgan fingerprint density at radius 3 is 1.69 bits per heavy atom. The van der Waals surface area contributed by atoms with Gasteiger partial charge in [-0.05, 0) is 20.3 Å². The van der Waals surface area contributed by atoms with Crippen LogP contribution in [0.25, 0.3) is 0 Å². The Morgan fingerprint density at radius 1 is 0.938 bits per heavy atom. The van der Waals surface area contributed by atoms with Gasteiger partial charge in [-0.1, -0.05) is 13.3 Å². The number of carbonyl (C=O) groups excluding carboxylic acids is 3. The maximum Gasteiger partial charge on any atom is 0.333 e. The van der Waals surface area contributed by atoms with Crippen LogP contribution >= 0.6 is 0 Å². The summed E-state index contributed by atoms with van der Waals surface area (Å²) >= 11 is 0. The fourth-order valence-corrected chi connectivity index (χ4v) is 1.93. The van der Waals surface area contributed by atoms with Crippen LogP contribution in [-0.4, -0.2) is 40.7 Å². The van der Waals surface area contributed by atoms with Crippen LogP contribution < -0.4 is 0 Å². The molecule has 1 fully saturated rings. The fraction of sp³-hybridized carbons (Fsp3) is 0.727. The zero-order valence-electron chi connectivity index (χ0n) is 10.0. The Hall–Kier alpha value is -1.39. The molecule has 0 unspecified atom stereocenters. The second-order valence-corrected chi connectivity index (χ2v) is 3.79. The van der Waals surface area contributed by atoms with Crippen molar-refractivity contribution in [3.8, 4) is 0 Å². The maximum atomic E-state index is 11.9. The van der Waals surface area contributed by atoms with Gasteiger partial charge >= 0.3 is 6.03 Å². The summed E-state index contributed by atoms with van der Waals surface area (Å²) in [4.78, 5) is 37.9. The van der Waals surface area contributed by atoms with Gasteiger partial charge in [0.2, 0.25) is 11.8 Å². The minimum atomic E-state index is -0.664. The predicted octanol–water partition coefficient (Wildman–Crippen LogP) is 1.23. The summed E-state index contributed by atoms with van der Waals surface area (Å²) in [5.74, 6) is -1.35. The summed E-state index contributed by atoms with van der Waals surface area (Å²) in [6.07, 6.45) is 1.27. The van der Waals surface area contributed by atoms with E-state index in [4.69, 9.17) is 0 Å². The van der Waals surface area contributed by atoms with Gasteiger partial charge in [-0.15, -0.1) is 0 Å². The summed E-state index contributed by atoms with van der Waals surface area (Å²) in [7, 11) is 0. The lowest BCUT2D eigenvalue weighted by atomic mass is 9.98. The SMILES string of the molecule is CCCC1C(=O)N(CC)C(=O)N(CC)C1=O. The highest BCUT2D eigenvalue weighted by atomic mass is 16.2. The lowest BCUT2D eigenvalue weighted by Crippen LogP contribution is -2.59. The van der Waals surface area contributed by atoms with Crippen molar-refractivity contribution in [2.45, 2.75) is 33.6 Å². The maximum absolute atomic E-state index is 11.9. The number of imide groups is 2. The van der Waals surface area contributed by atoms with E-state index in [0.717, 1.165) is 16.2 Å². The quantitative estimate of drug-likeness (QED) is 0.677. The zero-order chi connectivity index (χ0) is 12.3. The van der Waals surface area contributed by atoms with Crippen LogP contribution in [0.2, 0.25) is 0 Å². The van der Waals surface area contributed by atoms with E-state index in [9.17, 15) is 14.4 Å². The number of hydrogen-bond donors (Lipinski definition) is 0. The molecule has 5 heteroatoms. The van der Waals surface area contributed by atoms with Crippen LogP contribution in [0.15, 0.2) is 0 Å². The van der Waals surface area contributed by atoms with E-state index in [1.807, 2.05) is 6.92 Å². The molecule has 4 amide bonds. The number of carbonyl (C=O) groups is 3. The van der Waals surface area contributed by atoms with Gasteiger partial charge in [0.1, 0.15) is 5.92 Å². The number of amides is 4. The average Bonchev–Trinajstić information content (AvgIpc) is 2.26. The summed E-state index contributed by atoms with van der Waals surface area (Å²) in [6, 6.07) is -0.479. The van der Waals surface area contributed by atoms with Gasteiger partial charge < -0.3 is 0 Å². The topological polar surface area (TPSA) is 57.7 Å². The zero-order valence-corrected chi connectivity index (χ0v) is 10.0. The Kier molecular flexibility index (Phi) is 4.04. The Bertz CT molecular complexity index is 288. The molecule has 0 spiro atoms. The van der Waals surface area contributed by atoms with Crippen LogP contribution in [0.3, 0.4) is 0 Å². The first-order chi connectivity index (χ1) is 7.58. The van der Waals surface area contributed by atoms with Crippen molar-refractivity contribution in [3.05, 3.63) is 0 Å². The van der Waals surface area contributed by atoms with Gasteiger partial charge in [0.05, 0.1) is 0 Å². The first-order valence-electron chi connectivity index (χ1n) is 5.75. The van der Waals surface area contributed by atoms with Crippen LogP contribution in [0.5, 0.6) is 0 Å². The molecule has 1 aliphatic rings. The third-order valence-corrected chi connectivity index (χ3v) is 2.80. The molecule has 0 aromatic heterocycles. The molecule has 0 N–H and O–H groups in total. The van der Waals surface area contributed by atoms with Crippen molar-refractivity contribution < 1.29 is 14.4 Å². The van der Waals surface area contributed by atoms with Gasteiger partial charge in [-0.2, -0.15) is 0 Å². The van der Waals surface area contributed by atoms with E-state index >= 15 is 0 Å². The standard InChI is InChI=1S/C11H18N2O3/c1-4-7-8-9(14)12(5-2)11(16)13(6-3)10(8)15/h8H,4-7H2,1-3H3. The molecular weight excluding hydrogens is 208 g/mol. The Labute approximate surface area is 95.4 Å². The smallest absolute Gasteiger partial charge is 0.273 e. The van der Waals surface area contributed by atoms with E-state index in [-0.39, 0.29) is 11.8 Å². The number of hydrogen-bond acceptors (Lipinski definition) is 3. The summed E-state index contributed by atoms with van der Waals surface area (Å²) in [5.41, 5.74) is 0. The van der Waals surface area contributed by atoms with E-state index in [1.165, 1.54) is 0 Å². The normalized spacial score (nSPS) is 18.6. The lowest BCUT2D eigenvalue weighted by Gasteiger charge is -2.35. The highest BCUT2D eigenvalue weighted by Gasteiger charge is 2.43. The minimum Gasteiger partial charge on any atom is -0.273 e. The van der Waals surface area contributed by atoms with Crippen LogP contribution in [0.4, 0.5) is 4.79 Å². The van der Waals surface area contributed by atoms with Gasteiger partial charge in [-0.3, -0.25) is 19.4 Å². The Balaban J connectivity index is 3.00. The highest BCUT2D eigenvalue weighted by molar-refractivity contribution is 6.16. The van der Waals surface area contributed by atoms with E-state index in [2.05, 4.69) is 0 Å². The molecule has 1 rings (SSSR count). The molecular formula is C11H18N2O3. The molecule has 0 aliphatic carbocycles. The molecule has 1 saturated heterocycles. The Morgan fingerprint density at radius 2 is 1.38 bits per heavy atom. The average molecular weight is 226 g/mol. The highest BCUT2D eigenvalue weighted by Crippen LogP contribution is 2.21. The van der Waals surface area contributed by atoms with Gasteiger partial charge in [0, 0.05) is 13.1 Å². The third-order valence-electron chi connectivity index (χ3n) is 2.80. The van der Waals surface area contributed by atoms with E-state index in [1.54, 1.807) is 13.8 Å². The minimum absolute atomic E-state index is 0.321. The van der Waals surface area contributed by atoms with E-state index in [0.29, 0.717) is 19.5 Å². The fourth-order valence-electron chi connectivity index (χ4n) is 1.93. The lowest BCUT2D eigenvalue weighted by molar-refractivity contribution is -0.149. The monoisotopic (exact) mass is 226 g/mol. The molecule has 0 atom stereocenters. The molecule has 90 valence electrons. The van der Waals surface area contributed by atoms with Crippen molar-refractivity contribution in [2.24, 2.45) is 5.92 Å². The van der Waals surface area contributed by atoms with Crippen molar-refractivity contribution in [1.82, 2.24) is 9.80 Å². The number of nitrogens with zero attached hydrogens (tertiary/aromatic N) is 2. The molecule has 0 bridgehead atoms. The third kappa shape index (κ3) is 1.94. The summed E-state index contributed by atoms with van der Waals surface area (Å²) in [6.45, 7) is 6.04. The second-order valence-electron chi connectivity index (χ2n) is 3.79. The second kappa shape index (κ2) is 5.09. The largest absolute Gasteiger partial charge is 0.333 e. The van der Waals surface area contributed by atoms with Crippen LogP contribution in [0.1, 0.15) is 33.6 Å². The number of barbiturate groups is 1. The summed E-state index contributed by atoms with van der Waals surface area (Å²) in [5, 5.41) is 0. The molecule has 0 aromatic rings. The molecule has 0 saturated carbocycles. The molecule has 1 aliphatic heterocycles. The molecule has 16 heavy (non-hydrogen) atoms. The van der Waals surface area contributed by atoms with Crippen LogP contribution in [0, 0.1) is 5.92 Å². The molecule has 1 heterocycles. The van der Waals surface area contributed by atoms with Crippen molar-refractivity contribution >= 4 is 17.8 Å².